The maximum absolute atomic E-state index is 12.7. The summed E-state index contributed by atoms with van der Waals surface area (Å²) >= 11 is 0. The fourth-order valence-corrected chi connectivity index (χ4v) is 3.47. The second kappa shape index (κ2) is 7.60. The van der Waals surface area contributed by atoms with Gasteiger partial charge < -0.3 is 4.57 Å². The van der Waals surface area contributed by atoms with Crippen molar-refractivity contribution in [3.63, 3.8) is 0 Å². The highest BCUT2D eigenvalue weighted by Gasteiger charge is 2.19. The monoisotopic (exact) mass is 385 g/mol. The van der Waals surface area contributed by atoms with Gasteiger partial charge in [-0.15, -0.1) is 0 Å². The maximum Gasteiger partial charge on any atom is 0.330 e. The number of nitrogens with one attached hydrogen (secondary N) is 1. The van der Waals surface area contributed by atoms with Crippen LogP contribution in [0.3, 0.4) is 0 Å². The Morgan fingerprint density at radius 2 is 1.86 bits per heavy atom. The molecule has 144 valence electrons. The summed E-state index contributed by atoms with van der Waals surface area (Å²) in [7, 11) is 0. The summed E-state index contributed by atoms with van der Waals surface area (Å²) in [6, 6.07) is 18.8. The summed E-state index contributed by atoms with van der Waals surface area (Å²) in [6.45, 7) is 2.87. The van der Waals surface area contributed by atoms with Crippen molar-refractivity contribution in [3.05, 3.63) is 86.6 Å². The molecule has 0 aliphatic rings. The minimum atomic E-state index is -0.496. The van der Waals surface area contributed by atoms with Crippen LogP contribution >= 0.6 is 0 Å². The van der Waals surface area contributed by atoms with Crippen LogP contribution in [0, 0.1) is 11.3 Å². The van der Waals surface area contributed by atoms with E-state index in [9.17, 15) is 14.9 Å². The van der Waals surface area contributed by atoms with Gasteiger partial charge >= 0.3 is 5.69 Å². The number of aryl methyl sites for hydroxylation is 1. The Balaban J connectivity index is 2.00. The lowest BCUT2D eigenvalue weighted by atomic mass is 10.1. The second-order valence-electron chi connectivity index (χ2n) is 6.78. The maximum atomic E-state index is 12.7. The van der Waals surface area contributed by atoms with Crippen LogP contribution in [0.5, 0.6) is 0 Å². The third-order valence-corrected chi connectivity index (χ3v) is 4.77. The fourth-order valence-electron chi connectivity index (χ4n) is 3.47. The standard InChI is InChI=1S/C22H19N5O2/c1-2-11-26-18-20(24-19(26)17-10-6-9-16(12-17)13-23)27(22(29)25-21(18)28)14-15-7-4-3-5-8-15/h3-10,12H,2,11,14H2,1H3,(H,25,28,29). The van der Waals surface area contributed by atoms with E-state index in [-0.39, 0.29) is 0 Å². The molecule has 29 heavy (non-hydrogen) atoms. The zero-order chi connectivity index (χ0) is 20.4. The first-order valence-electron chi connectivity index (χ1n) is 9.40. The quantitative estimate of drug-likeness (QED) is 0.571. The van der Waals surface area contributed by atoms with E-state index < -0.39 is 11.2 Å². The molecule has 4 rings (SSSR count). The Kier molecular flexibility index (Phi) is 4.83. The van der Waals surface area contributed by atoms with Crippen LogP contribution in [0.15, 0.2) is 64.2 Å². The van der Waals surface area contributed by atoms with Gasteiger partial charge in [0.1, 0.15) is 5.82 Å². The number of hydrogen-bond donors (Lipinski definition) is 1. The minimum Gasteiger partial charge on any atom is -0.318 e. The third kappa shape index (κ3) is 3.36. The first-order valence-corrected chi connectivity index (χ1v) is 9.40. The molecule has 0 aliphatic carbocycles. The molecular weight excluding hydrogens is 366 g/mol. The van der Waals surface area contributed by atoms with E-state index in [1.165, 1.54) is 4.57 Å². The first kappa shape index (κ1) is 18.4. The van der Waals surface area contributed by atoms with Gasteiger partial charge in [-0.2, -0.15) is 5.26 Å². The van der Waals surface area contributed by atoms with Gasteiger partial charge in [0.2, 0.25) is 0 Å². The number of aromatic amines is 1. The number of rotatable bonds is 5. The van der Waals surface area contributed by atoms with Crippen LogP contribution in [0.2, 0.25) is 0 Å². The van der Waals surface area contributed by atoms with Gasteiger partial charge in [-0.1, -0.05) is 49.4 Å². The predicted octanol–water partition coefficient (Wildman–Crippen LogP) is 2.88. The van der Waals surface area contributed by atoms with E-state index in [1.54, 1.807) is 18.2 Å². The fraction of sp³-hybridized carbons (Fsp3) is 0.182. The first-order chi connectivity index (χ1) is 14.1. The number of H-pyrrole nitrogens is 1. The van der Waals surface area contributed by atoms with Crippen LogP contribution in [0.1, 0.15) is 24.5 Å². The van der Waals surface area contributed by atoms with Gasteiger partial charge in [-0.3, -0.25) is 14.3 Å². The van der Waals surface area contributed by atoms with E-state index >= 15 is 0 Å². The van der Waals surface area contributed by atoms with E-state index in [4.69, 9.17) is 4.98 Å². The molecule has 2 heterocycles. The molecule has 2 aromatic heterocycles. The van der Waals surface area contributed by atoms with Gasteiger partial charge in [0.25, 0.3) is 5.56 Å². The number of benzene rings is 2. The minimum absolute atomic E-state index is 0.299. The Labute approximate surface area is 166 Å². The van der Waals surface area contributed by atoms with Gasteiger partial charge in [0.15, 0.2) is 11.2 Å². The second-order valence-corrected chi connectivity index (χ2v) is 6.78. The predicted molar refractivity (Wildman–Crippen MR) is 111 cm³/mol. The summed E-state index contributed by atoms with van der Waals surface area (Å²) < 4.78 is 3.31. The molecule has 0 amide bonds. The molecule has 4 aromatic rings. The summed E-state index contributed by atoms with van der Waals surface area (Å²) in [5.41, 5.74) is 1.91. The average Bonchev–Trinajstić information content (AvgIpc) is 3.12. The molecule has 0 saturated carbocycles. The van der Waals surface area contributed by atoms with Crippen LogP contribution in [0.4, 0.5) is 0 Å². The number of nitrogens with zero attached hydrogens (tertiary/aromatic N) is 4. The highest BCUT2D eigenvalue weighted by atomic mass is 16.2. The van der Waals surface area contributed by atoms with E-state index in [0.29, 0.717) is 35.6 Å². The third-order valence-electron chi connectivity index (χ3n) is 4.77. The number of hydrogen-bond acceptors (Lipinski definition) is 4. The summed E-state index contributed by atoms with van der Waals surface area (Å²) in [6.07, 6.45) is 0.785. The Morgan fingerprint density at radius 1 is 1.07 bits per heavy atom. The topological polar surface area (TPSA) is 96.5 Å². The molecule has 0 unspecified atom stereocenters. The smallest absolute Gasteiger partial charge is 0.318 e. The number of aromatic nitrogens is 4. The van der Waals surface area contributed by atoms with Crippen molar-refractivity contribution in [1.29, 1.82) is 5.26 Å². The molecular formula is C22H19N5O2. The number of imidazole rings is 1. The van der Waals surface area contributed by atoms with Crippen LogP contribution in [-0.2, 0) is 13.1 Å². The van der Waals surface area contributed by atoms with E-state index in [2.05, 4.69) is 11.1 Å². The van der Waals surface area contributed by atoms with Crippen molar-refractivity contribution in [3.8, 4) is 17.5 Å². The van der Waals surface area contributed by atoms with Crippen molar-refractivity contribution in [2.45, 2.75) is 26.4 Å². The molecule has 0 spiro atoms. The lowest BCUT2D eigenvalue weighted by molar-refractivity contribution is 0.697. The van der Waals surface area contributed by atoms with Crippen LogP contribution in [0.25, 0.3) is 22.6 Å². The van der Waals surface area contributed by atoms with E-state index in [1.807, 2.05) is 47.9 Å². The van der Waals surface area contributed by atoms with Gasteiger partial charge in [0.05, 0.1) is 18.2 Å². The molecule has 7 nitrogen and oxygen atoms in total. The highest BCUT2D eigenvalue weighted by molar-refractivity contribution is 5.77. The number of nitriles is 1. The lowest BCUT2D eigenvalue weighted by Gasteiger charge is -2.08. The largest absolute Gasteiger partial charge is 0.330 e. The molecule has 0 radical (unpaired) electrons. The van der Waals surface area contributed by atoms with Gasteiger partial charge in [-0.05, 0) is 24.1 Å². The van der Waals surface area contributed by atoms with Gasteiger partial charge in [0, 0.05) is 12.1 Å². The molecule has 0 saturated heterocycles. The zero-order valence-electron chi connectivity index (χ0n) is 15.9. The molecule has 0 aliphatic heterocycles. The SMILES string of the molecule is CCCn1c(-c2cccc(C#N)c2)nc2c1c(=O)[nH]c(=O)n2Cc1ccccc1. The molecule has 0 fully saturated rings. The van der Waals surface area contributed by atoms with Crippen molar-refractivity contribution in [2.24, 2.45) is 0 Å². The van der Waals surface area contributed by atoms with Crippen molar-refractivity contribution >= 4 is 11.2 Å². The number of fused-ring (bicyclic) bond motifs is 1. The summed E-state index contributed by atoms with van der Waals surface area (Å²) in [5.74, 6) is 0.567. The van der Waals surface area contributed by atoms with Crippen molar-refractivity contribution in [1.82, 2.24) is 19.1 Å². The lowest BCUT2D eigenvalue weighted by Crippen LogP contribution is -2.31. The Morgan fingerprint density at radius 3 is 2.59 bits per heavy atom. The summed E-state index contributed by atoms with van der Waals surface area (Å²) in [4.78, 5) is 32.4. The molecule has 7 heteroatoms. The Hall–Kier alpha value is -3.92. The average molecular weight is 385 g/mol. The van der Waals surface area contributed by atoms with E-state index in [0.717, 1.165) is 17.5 Å². The molecule has 1 N–H and O–H groups in total. The Bertz CT molecular complexity index is 1340. The van der Waals surface area contributed by atoms with Crippen molar-refractivity contribution in [2.75, 3.05) is 0 Å². The normalized spacial score (nSPS) is 10.9. The molecule has 0 atom stereocenters. The zero-order valence-corrected chi connectivity index (χ0v) is 15.9. The molecule has 0 bridgehead atoms. The van der Waals surface area contributed by atoms with Crippen LogP contribution in [-0.4, -0.2) is 19.1 Å². The summed E-state index contributed by atoms with van der Waals surface area (Å²) in [5, 5.41) is 9.23. The molecule has 2 aromatic carbocycles. The van der Waals surface area contributed by atoms with Crippen molar-refractivity contribution < 1.29 is 0 Å². The van der Waals surface area contributed by atoms with Gasteiger partial charge in [-0.25, -0.2) is 9.78 Å². The van der Waals surface area contributed by atoms with Crippen LogP contribution < -0.4 is 11.2 Å². The highest BCUT2D eigenvalue weighted by Crippen LogP contribution is 2.24.